The van der Waals surface area contributed by atoms with Gasteiger partial charge in [-0.3, -0.25) is 4.79 Å². The Morgan fingerprint density at radius 3 is 2.50 bits per heavy atom. The zero-order valence-electron chi connectivity index (χ0n) is 13.6. The molecule has 2 rings (SSSR count). The van der Waals surface area contributed by atoms with Crippen molar-refractivity contribution >= 4 is 34.8 Å². The predicted molar refractivity (Wildman–Crippen MR) is 101 cm³/mol. The SMILES string of the molecule is CCCCC/C(=N\NC(=O)c1ccc(Cl)cc1Cl)c1ccccc1. The van der Waals surface area contributed by atoms with Crippen LogP contribution in [0.25, 0.3) is 0 Å². The van der Waals surface area contributed by atoms with Gasteiger partial charge in [0.15, 0.2) is 0 Å². The van der Waals surface area contributed by atoms with Crippen LogP contribution in [-0.4, -0.2) is 11.6 Å². The fourth-order valence-corrected chi connectivity index (χ4v) is 2.78. The van der Waals surface area contributed by atoms with Gasteiger partial charge < -0.3 is 0 Å². The van der Waals surface area contributed by atoms with Crippen molar-refractivity contribution in [1.29, 1.82) is 0 Å². The number of hydrogen-bond donors (Lipinski definition) is 1. The highest BCUT2D eigenvalue weighted by molar-refractivity contribution is 6.36. The second-order valence-electron chi connectivity index (χ2n) is 5.45. The van der Waals surface area contributed by atoms with E-state index in [9.17, 15) is 4.79 Å². The first-order valence-corrected chi connectivity index (χ1v) is 8.74. The maximum Gasteiger partial charge on any atom is 0.272 e. The number of nitrogens with one attached hydrogen (secondary N) is 1. The van der Waals surface area contributed by atoms with Crippen molar-refractivity contribution in [1.82, 2.24) is 5.43 Å². The Labute approximate surface area is 152 Å². The Hall–Kier alpha value is -1.84. The summed E-state index contributed by atoms with van der Waals surface area (Å²) in [6.45, 7) is 2.16. The summed E-state index contributed by atoms with van der Waals surface area (Å²) in [5.41, 5.74) is 4.83. The van der Waals surface area contributed by atoms with Crippen LogP contribution in [0, 0.1) is 0 Å². The summed E-state index contributed by atoms with van der Waals surface area (Å²) in [4.78, 5) is 12.3. The van der Waals surface area contributed by atoms with Gasteiger partial charge in [0.2, 0.25) is 0 Å². The summed E-state index contributed by atoms with van der Waals surface area (Å²) in [5, 5.41) is 5.13. The number of amides is 1. The van der Waals surface area contributed by atoms with Crippen molar-refractivity contribution in [3.05, 3.63) is 69.7 Å². The molecular weight excluding hydrogens is 343 g/mol. The van der Waals surface area contributed by atoms with Gasteiger partial charge in [0, 0.05) is 5.02 Å². The molecule has 0 radical (unpaired) electrons. The standard InChI is InChI=1S/C19H20Cl2N2O/c1-2-3-5-10-18(14-8-6-4-7-9-14)22-23-19(24)16-12-11-15(20)13-17(16)21/h4,6-9,11-13H,2-3,5,10H2,1H3,(H,23,24)/b22-18+. The van der Waals surface area contributed by atoms with Crippen LogP contribution in [0.1, 0.15) is 48.5 Å². The van der Waals surface area contributed by atoms with E-state index in [0.717, 1.165) is 37.0 Å². The monoisotopic (exact) mass is 362 g/mol. The molecule has 0 heterocycles. The summed E-state index contributed by atoms with van der Waals surface area (Å²) in [6.07, 6.45) is 4.10. The van der Waals surface area contributed by atoms with Gasteiger partial charge in [-0.15, -0.1) is 0 Å². The minimum atomic E-state index is -0.347. The van der Waals surface area contributed by atoms with Crippen LogP contribution in [0.5, 0.6) is 0 Å². The molecule has 1 N–H and O–H groups in total. The summed E-state index contributed by atoms with van der Waals surface area (Å²) < 4.78 is 0. The first-order chi connectivity index (χ1) is 11.6. The third kappa shape index (κ3) is 5.36. The molecule has 0 aliphatic heterocycles. The van der Waals surface area contributed by atoms with Crippen molar-refractivity contribution in [3.63, 3.8) is 0 Å². The average Bonchev–Trinajstić information content (AvgIpc) is 2.58. The third-order valence-electron chi connectivity index (χ3n) is 3.59. The lowest BCUT2D eigenvalue weighted by atomic mass is 10.0. The zero-order chi connectivity index (χ0) is 17.4. The number of halogens is 2. The van der Waals surface area contributed by atoms with Gasteiger partial charge in [-0.2, -0.15) is 5.10 Å². The number of hydrogen-bond acceptors (Lipinski definition) is 2. The third-order valence-corrected chi connectivity index (χ3v) is 4.14. The van der Waals surface area contributed by atoms with Crippen LogP contribution in [0.15, 0.2) is 53.6 Å². The molecule has 2 aromatic rings. The molecule has 0 bridgehead atoms. The maximum absolute atomic E-state index is 12.3. The van der Waals surface area contributed by atoms with Crippen LogP contribution in [0.3, 0.4) is 0 Å². The molecule has 0 saturated carbocycles. The number of benzene rings is 2. The molecule has 0 saturated heterocycles. The summed E-state index contributed by atoms with van der Waals surface area (Å²) >= 11 is 11.9. The minimum Gasteiger partial charge on any atom is -0.267 e. The van der Waals surface area contributed by atoms with Gasteiger partial charge in [-0.1, -0.05) is 73.3 Å². The summed E-state index contributed by atoms with van der Waals surface area (Å²) in [6, 6.07) is 14.6. The topological polar surface area (TPSA) is 41.5 Å². The van der Waals surface area contributed by atoms with Gasteiger partial charge in [0.25, 0.3) is 5.91 Å². The molecule has 0 aliphatic carbocycles. The van der Waals surface area contributed by atoms with Crippen LogP contribution < -0.4 is 5.43 Å². The van der Waals surface area contributed by atoms with Crippen molar-refractivity contribution in [2.75, 3.05) is 0 Å². The Kier molecular flexibility index (Phi) is 7.29. The minimum absolute atomic E-state index is 0.308. The molecule has 126 valence electrons. The van der Waals surface area contributed by atoms with E-state index >= 15 is 0 Å². The molecule has 0 atom stereocenters. The Morgan fingerprint density at radius 2 is 1.83 bits per heavy atom. The molecule has 0 unspecified atom stereocenters. The highest BCUT2D eigenvalue weighted by Gasteiger charge is 2.11. The average molecular weight is 363 g/mol. The van der Waals surface area contributed by atoms with Crippen LogP contribution in [-0.2, 0) is 0 Å². The summed E-state index contributed by atoms with van der Waals surface area (Å²) in [7, 11) is 0. The number of carbonyl (C=O) groups excluding carboxylic acids is 1. The lowest BCUT2D eigenvalue weighted by Crippen LogP contribution is -2.20. The van der Waals surface area contributed by atoms with Crippen LogP contribution in [0.2, 0.25) is 10.0 Å². The number of nitrogens with zero attached hydrogens (tertiary/aromatic N) is 1. The smallest absolute Gasteiger partial charge is 0.267 e. The Morgan fingerprint density at radius 1 is 1.08 bits per heavy atom. The molecule has 2 aromatic carbocycles. The largest absolute Gasteiger partial charge is 0.272 e. The predicted octanol–water partition coefficient (Wildman–Crippen LogP) is 5.71. The second kappa shape index (κ2) is 9.45. The van der Waals surface area contributed by atoms with E-state index in [2.05, 4.69) is 17.5 Å². The van der Waals surface area contributed by atoms with Gasteiger partial charge in [-0.25, -0.2) is 5.43 Å². The summed E-state index contributed by atoms with van der Waals surface area (Å²) in [5.74, 6) is -0.347. The zero-order valence-corrected chi connectivity index (χ0v) is 15.1. The number of rotatable bonds is 7. The molecule has 3 nitrogen and oxygen atoms in total. The van der Waals surface area contributed by atoms with Gasteiger partial charge in [0.1, 0.15) is 0 Å². The highest BCUT2D eigenvalue weighted by Crippen LogP contribution is 2.20. The molecule has 24 heavy (non-hydrogen) atoms. The highest BCUT2D eigenvalue weighted by atomic mass is 35.5. The molecule has 0 spiro atoms. The van der Waals surface area contributed by atoms with Crippen molar-refractivity contribution in [3.8, 4) is 0 Å². The Balaban J connectivity index is 2.15. The fourth-order valence-electron chi connectivity index (χ4n) is 2.29. The molecule has 0 aromatic heterocycles. The van der Waals surface area contributed by atoms with E-state index in [1.54, 1.807) is 18.2 Å². The van der Waals surface area contributed by atoms with E-state index < -0.39 is 0 Å². The van der Waals surface area contributed by atoms with E-state index in [-0.39, 0.29) is 5.91 Å². The van der Waals surface area contributed by atoms with E-state index in [4.69, 9.17) is 23.2 Å². The second-order valence-corrected chi connectivity index (χ2v) is 6.29. The molecule has 0 fully saturated rings. The normalized spacial score (nSPS) is 11.4. The van der Waals surface area contributed by atoms with Gasteiger partial charge >= 0.3 is 0 Å². The van der Waals surface area contributed by atoms with E-state index in [1.807, 2.05) is 30.3 Å². The fraction of sp³-hybridized carbons (Fsp3) is 0.263. The van der Waals surface area contributed by atoms with Crippen LogP contribution in [0.4, 0.5) is 0 Å². The number of hydrazone groups is 1. The van der Waals surface area contributed by atoms with Crippen molar-refractivity contribution < 1.29 is 4.79 Å². The maximum atomic E-state index is 12.3. The van der Waals surface area contributed by atoms with E-state index in [0.29, 0.717) is 15.6 Å². The van der Waals surface area contributed by atoms with Crippen molar-refractivity contribution in [2.45, 2.75) is 32.6 Å². The number of unbranched alkanes of at least 4 members (excludes halogenated alkanes) is 2. The number of carbonyl (C=O) groups is 1. The lowest BCUT2D eigenvalue weighted by Gasteiger charge is -2.08. The van der Waals surface area contributed by atoms with Crippen LogP contribution >= 0.6 is 23.2 Å². The van der Waals surface area contributed by atoms with E-state index in [1.165, 1.54) is 0 Å². The molecular formula is C19H20Cl2N2O. The first-order valence-electron chi connectivity index (χ1n) is 7.99. The van der Waals surface area contributed by atoms with Gasteiger partial charge in [0.05, 0.1) is 16.3 Å². The molecule has 5 heteroatoms. The quantitative estimate of drug-likeness (QED) is 0.382. The lowest BCUT2D eigenvalue weighted by molar-refractivity contribution is 0.0955. The van der Waals surface area contributed by atoms with Crippen molar-refractivity contribution in [2.24, 2.45) is 5.10 Å². The molecule has 0 aliphatic rings. The first kappa shape index (κ1) is 18.5. The van der Waals surface area contributed by atoms with Gasteiger partial charge in [-0.05, 0) is 36.6 Å². The Bertz CT molecular complexity index is 715. The molecule has 1 amide bonds.